The van der Waals surface area contributed by atoms with Gasteiger partial charge in [-0.1, -0.05) is 12.1 Å². The Hall–Kier alpha value is -3.99. The zero-order valence-corrected chi connectivity index (χ0v) is 18.5. The number of halogens is 1. The van der Waals surface area contributed by atoms with Crippen molar-refractivity contribution in [3.8, 4) is 17.3 Å². The van der Waals surface area contributed by atoms with Crippen molar-refractivity contribution >= 4 is 23.0 Å². The van der Waals surface area contributed by atoms with E-state index in [0.29, 0.717) is 39.6 Å². The Balaban J connectivity index is 1.76. The molecule has 1 aliphatic heterocycles. The molecule has 162 valence electrons. The van der Waals surface area contributed by atoms with Crippen molar-refractivity contribution in [1.29, 1.82) is 5.26 Å². The van der Waals surface area contributed by atoms with Crippen molar-refractivity contribution in [2.75, 3.05) is 10.6 Å². The first kappa shape index (κ1) is 21.2. The Labute approximate surface area is 185 Å². The number of nitriles is 1. The predicted molar refractivity (Wildman–Crippen MR) is 121 cm³/mol. The standard InChI is InChI=1S/C24H23FN6O/c1-13-7-6-8-17(25)21(13)18-10-16-19(11-27-18)29-23(32)22(16)15(3)28-20-9-14(2)31(30-20)24(4,5)12-26/h6-11H,1-5H3,(H,28,30)(H,29,32)/b22-15-. The Morgan fingerprint density at radius 2 is 2.03 bits per heavy atom. The second-order valence-corrected chi connectivity index (χ2v) is 8.38. The van der Waals surface area contributed by atoms with Crippen LogP contribution in [0.5, 0.6) is 0 Å². The van der Waals surface area contributed by atoms with Crippen LogP contribution >= 0.6 is 0 Å². The molecule has 0 spiro atoms. The van der Waals surface area contributed by atoms with Gasteiger partial charge >= 0.3 is 0 Å². The molecular formula is C24H23FN6O. The van der Waals surface area contributed by atoms with Crippen LogP contribution in [-0.4, -0.2) is 20.7 Å². The van der Waals surface area contributed by atoms with Gasteiger partial charge in [0.2, 0.25) is 0 Å². The highest BCUT2D eigenvalue weighted by atomic mass is 19.1. The molecule has 32 heavy (non-hydrogen) atoms. The Bertz CT molecular complexity index is 1310. The van der Waals surface area contributed by atoms with Gasteiger partial charge in [-0.3, -0.25) is 9.78 Å². The van der Waals surface area contributed by atoms with E-state index in [9.17, 15) is 14.4 Å². The summed E-state index contributed by atoms with van der Waals surface area (Å²) in [6.07, 6.45) is 1.54. The average molecular weight is 430 g/mol. The molecule has 0 fully saturated rings. The predicted octanol–water partition coefficient (Wildman–Crippen LogP) is 4.75. The lowest BCUT2D eigenvalue weighted by Crippen LogP contribution is -2.26. The smallest absolute Gasteiger partial charge is 0.258 e. The van der Waals surface area contributed by atoms with Crippen LogP contribution in [-0.2, 0) is 10.3 Å². The van der Waals surface area contributed by atoms with Crippen LogP contribution in [0.1, 0.15) is 37.6 Å². The van der Waals surface area contributed by atoms with Gasteiger partial charge in [-0.2, -0.15) is 10.4 Å². The second kappa shape index (κ2) is 7.61. The van der Waals surface area contributed by atoms with Crippen LogP contribution in [0.15, 0.2) is 42.2 Å². The third-order valence-corrected chi connectivity index (χ3v) is 5.51. The summed E-state index contributed by atoms with van der Waals surface area (Å²) in [6.45, 7) is 9.03. The summed E-state index contributed by atoms with van der Waals surface area (Å²) in [5.74, 6) is -0.116. The molecule has 0 unspecified atom stereocenters. The van der Waals surface area contributed by atoms with E-state index in [1.54, 1.807) is 43.8 Å². The SMILES string of the molecule is C/C(Nc1cc(C)n(C(C)(C)C#N)n1)=C1/C(=O)Nc2cnc(-c3c(C)cccc3F)cc21. The lowest BCUT2D eigenvalue weighted by Gasteiger charge is -2.17. The summed E-state index contributed by atoms with van der Waals surface area (Å²) < 4.78 is 16.1. The summed E-state index contributed by atoms with van der Waals surface area (Å²) in [4.78, 5) is 17.1. The van der Waals surface area contributed by atoms with Crippen molar-refractivity contribution in [3.05, 3.63) is 64.9 Å². The zero-order chi connectivity index (χ0) is 23.2. The van der Waals surface area contributed by atoms with Crippen LogP contribution in [0.2, 0.25) is 0 Å². The van der Waals surface area contributed by atoms with Crippen LogP contribution in [0.4, 0.5) is 15.9 Å². The fraction of sp³-hybridized carbons (Fsp3) is 0.250. The molecule has 1 aromatic carbocycles. The summed E-state index contributed by atoms with van der Waals surface area (Å²) in [7, 11) is 0. The maximum Gasteiger partial charge on any atom is 0.258 e. The van der Waals surface area contributed by atoms with Gasteiger partial charge in [0.1, 0.15) is 11.4 Å². The first-order valence-corrected chi connectivity index (χ1v) is 10.2. The van der Waals surface area contributed by atoms with Crippen LogP contribution in [0, 0.1) is 31.0 Å². The quantitative estimate of drug-likeness (QED) is 0.582. The molecule has 1 amide bonds. The molecule has 7 nitrogen and oxygen atoms in total. The Morgan fingerprint density at radius 1 is 1.28 bits per heavy atom. The number of benzene rings is 1. The van der Waals surface area contributed by atoms with Crippen molar-refractivity contribution in [3.63, 3.8) is 0 Å². The lowest BCUT2D eigenvalue weighted by molar-refractivity contribution is -0.110. The molecule has 0 saturated carbocycles. The summed E-state index contributed by atoms with van der Waals surface area (Å²) >= 11 is 0. The fourth-order valence-corrected chi connectivity index (χ4v) is 3.94. The number of carbonyl (C=O) groups excluding carboxylic acids is 1. The number of allylic oxidation sites excluding steroid dienone is 1. The van der Waals surface area contributed by atoms with E-state index in [0.717, 1.165) is 11.3 Å². The molecule has 2 N–H and O–H groups in total. The molecule has 0 bridgehead atoms. The number of anilines is 2. The number of fused-ring (bicyclic) bond motifs is 1. The Kier molecular flexibility index (Phi) is 5.05. The molecular weight excluding hydrogens is 407 g/mol. The van der Waals surface area contributed by atoms with E-state index in [-0.39, 0.29) is 11.7 Å². The number of rotatable bonds is 4. The monoisotopic (exact) mass is 430 g/mol. The summed E-state index contributed by atoms with van der Waals surface area (Å²) in [5, 5.41) is 19.9. The molecule has 2 aromatic heterocycles. The van der Waals surface area contributed by atoms with Gasteiger partial charge in [-0.25, -0.2) is 9.07 Å². The zero-order valence-electron chi connectivity index (χ0n) is 18.5. The summed E-state index contributed by atoms with van der Waals surface area (Å²) in [6, 6.07) is 10.6. The number of amides is 1. The number of hydrogen-bond donors (Lipinski definition) is 2. The average Bonchev–Trinajstić information content (AvgIpc) is 3.26. The molecule has 8 heteroatoms. The minimum atomic E-state index is -0.805. The number of carbonyl (C=O) groups is 1. The van der Waals surface area contributed by atoms with Gasteiger partial charge in [-0.15, -0.1) is 0 Å². The number of hydrogen-bond acceptors (Lipinski definition) is 5. The first-order chi connectivity index (χ1) is 15.1. The van der Waals surface area contributed by atoms with Gasteiger partial charge in [0.25, 0.3) is 5.91 Å². The van der Waals surface area contributed by atoms with Crippen molar-refractivity contribution in [2.45, 2.75) is 40.2 Å². The number of nitrogens with zero attached hydrogens (tertiary/aromatic N) is 4. The molecule has 0 radical (unpaired) electrons. The van der Waals surface area contributed by atoms with Gasteiger partial charge in [0.05, 0.1) is 29.2 Å². The second-order valence-electron chi connectivity index (χ2n) is 8.38. The fourth-order valence-electron chi connectivity index (χ4n) is 3.94. The highest BCUT2D eigenvalue weighted by Crippen LogP contribution is 2.37. The maximum absolute atomic E-state index is 14.5. The molecule has 4 rings (SSSR count). The highest BCUT2D eigenvalue weighted by Gasteiger charge is 2.29. The molecule has 0 aliphatic carbocycles. The van der Waals surface area contributed by atoms with Gasteiger partial charge in [0, 0.05) is 28.6 Å². The molecule has 0 saturated heterocycles. The molecule has 1 aliphatic rings. The molecule has 3 aromatic rings. The van der Waals surface area contributed by atoms with E-state index < -0.39 is 5.54 Å². The highest BCUT2D eigenvalue weighted by molar-refractivity contribution is 6.32. The Morgan fingerprint density at radius 3 is 2.72 bits per heavy atom. The third kappa shape index (κ3) is 3.52. The van der Waals surface area contributed by atoms with E-state index in [4.69, 9.17) is 0 Å². The number of aromatic nitrogens is 3. The van der Waals surface area contributed by atoms with Crippen LogP contribution < -0.4 is 10.6 Å². The van der Waals surface area contributed by atoms with Gasteiger partial charge in [0.15, 0.2) is 5.82 Å². The number of pyridine rings is 1. The van der Waals surface area contributed by atoms with Gasteiger partial charge < -0.3 is 10.6 Å². The van der Waals surface area contributed by atoms with Crippen LogP contribution in [0.3, 0.4) is 0 Å². The largest absolute Gasteiger partial charge is 0.342 e. The minimum absolute atomic E-state index is 0.275. The van der Waals surface area contributed by atoms with E-state index in [2.05, 4.69) is 26.8 Å². The lowest BCUT2D eigenvalue weighted by atomic mass is 10.00. The van der Waals surface area contributed by atoms with Gasteiger partial charge in [-0.05, 0) is 52.3 Å². The van der Waals surface area contributed by atoms with E-state index in [1.165, 1.54) is 6.07 Å². The van der Waals surface area contributed by atoms with E-state index in [1.807, 2.05) is 26.0 Å². The number of nitrogens with one attached hydrogen (secondary N) is 2. The first-order valence-electron chi connectivity index (χ1n) is 10.2. The minimum Gasteiger partial charge on any atom is -0.342 e. The molecule has 0 atom stereocenters. The van der Waals surface area contributed by atoms with E-state index >= 15 is 0 Å². The third-order valence-electron chi connectivity index (χ3n) is 5.51. The normalized spacial score (nSPS) is 14.6. The number of aryl methyl sites for hydroxylation is 2. The maximum atomic E-state index is 14.5. The summed E-state index contributed by atoms with van der Waals surface area (Å²) in [5.41, 5.74) is 3.86. The topological polar surface area (TPSA) is 95.6 Å². The van der Waals surface area contributed by atoms with Crippen molar-refractivity contribution in [2.24, 2.45) is 0 Å². The van der Waals surface area contributed by atoms with Crippen LogP contribution in [0.25, 0.3) is 16.8 Å². The van der Waals surface area contributed by atoms with Crippen molar-refractivity contribution in [1.82, 2.24) is 14.8 Å². The molecule has 3 heterocycles. The van der Waals surface area contributed by atoms with Crippen molar-refractivity contribution < 1.29 is 9.18 Å².